The van der Waals surface area contributed by atoms with Gasteiger partial charge in [-0.1, -0.05) is 84.4 Å². The Morgan fingerprint density at radius 1 is 0.750 bits per heavy atom. The number of hydrogen-bond acceptors (Lipinski definition) is 1. The number of carbonyl (C=O) groups is 1. The zero-order valence-electron chi connectivity index (χ0n) is 12.9. The molecule has 0 atom stereocenters. The molecule has 1 nitrogen and oxygen atoms in total. The summed E-state index contributed by atoms with van der Waals surface area (Å²) < 4.78 is 0. The smallest absolute Gasteiger partial charge is 0.185 e. The third-order valence-electron chi connectivity index (χ3n) is 3.57. The van der Waals surface area contributed by atoms with Gasteiger partial charge in [-0.05, 0) is 34.9 Å². The van der Waals surface area contributed by atoms with Gasteiger partial charge in [0.2, 0.25) is 0 Å². The Hall–Kier alpha value is -2.16. The van der Waals surface area contributed by atoms with Crippen LogP contribution in [-0.4, -0.2) is 5.78 Å². The Balaban J connectivity index is 0.00000208. The van der Waals surface area contributed by atoms with E-state index >= 15 is 0 Å². The van der Waals surface area contributed by atoms with Crippen molar-refractivity contribution in [3.05, 3.63) is 101 Å². The largest absolute Gasteiger partial charge is 0.289 e. The number of hydrogen-bond donors (Lipinski definition) is 0. The minimum atomic E-state index is -0.0143. The van der Waals surface area contributed by atoms with Gasteiger partial charge in [0.25, 0.3) is 0 Å². The van der Waals surface area contributed by atoms with E-state index in [0.717, 1.165) is 16.7 Å². The molecule has 0 aliphatic heterocycles. The minimum absolute atomic E-state index is 0. The third kappa shape index (κ3) is 4.67. The zero-order chi connectivity index (χ0) is 16.1. The molecule has 0 bridgehead atoms. The van der Waals surface area contributed by atoms with Crippen molar-refractivity contribution in [1.29, 1.82) is 0 Å². The minimum Gasteiger partial charge on any atom is -0.289 e. The standard InChI is InChI=1S/C21H15ClO.BrH/c22-20-13-6-16(7-14-20)8-15-21(23)19-11-9-18(10-12-19)17-4-2-1-3-5-17;/h1-15H;1H. The van der Waals surface area contributed by atoms with Crippen molar-refractivity contribution in [2.45, 2.75) is 0 Å². The summed E-state index contributed by atoms with van der Waals surface area (Å²) >= 11 is 5.84. The molecule has 0 aliphatic carbocycles. The van der Waals surface area contributed by atoms with E-state index in [1.807, 2.05) is 54.6 Å². The molecule has 3 heteroatoms. The fourth-order valence-corrected chi connectivity index (χ4v) is 2.43. The predicted octanol–water partition coefficient (Wildman–Crippen LogP) is 6.48. The van der Waals surface area contributed by atoms with Crippen molar-refractivity contribution in [2.24, 2.45) is 0 Å². The van der Waals surface area contributed by atoms with Crippen LogP contribution in [-0.2, 0) is 0 Å². The summed E-state index contributed by atoms with van der Waals surface area (Å²) in [7, 11) is 0. The second-order valence-electron chi connectivity index (χ2n) is 5.19. The van der Waals surface area contributed by atoms with Crippen LogP contribution in [0.3, 0.4) is 0 Å². The predicted molar refractivity (Wildman–Crippen MR) is 107 cm³/mol. The molecule has 0 aromatic heterocycles. The van der Waals surface area contributed by atoms with Crippen LogP contribution in [0.15, 0.2) is 84.9 Å². The summed E-state index contributed by atoms with van der Waals surface area (Å²) in [6, 6.07) is 25.1. The third-order valence-corrected chi connectivity index (χ3v) is 3.83. The van der Waals surface area contributed by atoms with E-state index in [1.54, 1.807) is 24.3 Å². The summed E-state index contributed by atoms with van der Waals surface area (Å²) in [5, 5.41) is 0.685. The molecule has 0 saturated carbocycles. The van der Waals surface area contributed by atoms with Crippen molar-refractivity contribution in [3.8, 4) is 11.1 Å². The lowest BCUT2D eigenvalue weighted by Crippen LogP contribution is -1.93. The van der Waals surface area contributed by atoms with Gasteiger partial charge in [0.1, 0.15) is 0 Å². The molecule has 120 valence electrons. The molecule has 0 N–H and O–H groups in total. The van der Waals surface area contributed by atoms with Gasteiger partial charge in [0, 0.05) is 10.6 Å². The molecule has 0 heterocycles. The molecule has 0 amide bonds. The highest BCUT2D eigenvalue weighted by Crippen LogP contribution is 2.19. The van der Waals surface area contributed by atoms with Gasteiger partial charge in [0.15, 0.2) is 5.78 Å². The average molecular weight is 400 g/mol. The van der Waals surface area contributed by atoms with Gasteiger partial charge in [-0.3, -0.25) is 4.79 Å². The molecular formula is C21H16BrClO. The van der Waals surface area contributed by atoms with Crippen molar-refractivity contribution in [2.75, 3.05) is 0 Å². The molecule has 0 saturated heterocycles. The van der Waals surface area contributed by atoms with E-state index in [-0.39, 0.29) is 22.8 Å². The van der Waals surface area contributed by atoms with Gasteiger partial charge in [-0.15, -0.1) is 17.0 Å². The second-order valence-corrected chi connectivity index (χ2v) is 5.63. The van der Waals surface area contributed by atoms with Crippen LogP contribution in [0.4, 0.5) is 0 Å². The Bertz CT molecular complexity index is 822. The summed E-state index contributed by atoms with van der Waals surface area (Å²) in [6.07, 6.45) is 3.38. The quantitative estimate of drug-likeness (QED) is 0.362. The van der Waals surface area contributed by atoms with Gasteiger partial charge < -0.3 is 0 Å². The number of halogens is 2. The summed E-state index contributed by atoms with van der Waals surface area (Å²) in [5.41, 5.74) is 3.87. The van der Waals surface area contributed by atoms with Crippen LogP contribution in [0.25, 0.3) is 17.2 Å². The van der Waals surface area contributed by atoms with Crippen molar-refractivity contribution in [1.82, 2.24) is 0 Å². The Kier molecular flexibility index (Phi) is 6.53. The molecule has 3 aromatic rings. The number of rotatable bonds is 4. The van der Waals surface area contributed by atoms with Crippen molar-refractivity contribution >= 4 is 40.4 Å². The lowest BCUT2D eigenvalue weighted by Gasteiger charge is -2.02. The highest BCUT2D eigenvalue weighted by Gasteiger charge is 2.03. The van der Waals surface area contributed by atoms with Gasteiger partial charge in [-0.2, -0.15) is 0 Å². The fraction of sp³-hybridized carbons (Fsp3) is 0. The molecule has 0 aliphatic rings. The molecule has 0 spiro atoms. The van der Waals surface area contributed by atoms with Crippen LogP contribution >= 0.6 is 28.6 Å². The van der Waals surface area contributed by atoms with E-state index in [4.69, 9.17) is 11.6 Å². The van der Waals surface area contributed by atoms with Crippen LogP contribution < -0.4 is 0 Å². The second kappa shape index (κ2) is 8.62. The van der Waals surface area contributed by atoms with E-state index in [2.05, 4.69) is 12.1 Å². The maximum atomic E-state index is 12.2. The van der Waals surface area contributed by atoms with Gasteiger partial charge in [-0.25, -0.2) is 0 Å². The van der Waals surface area contributed by atoms with Crippen molar-refractivity contribution < 1.29 is 4.79 Å². The monoisotopic (exact) mass is 398 g/mol. The van der Waals surface area contributed by atoms with Gasteiger partial charge in [0.05, 0.1) is 0 Å². The van der Waals surface area contributed by atoms with E-state index in [1.165, 1.54) is 0 Å². The first-order valence-electron chi connectivity index (χ1n) is 7.36. The molecule has 3 rings (SSSR count). The number of carbonyl (C=O) groups excluding carboxylic acids is 1. The number of benzene rings is 3. The summed E-state index contributed by atoms with van der Waals surface area (Å²) in [4.78, 5) is 12.2. The van der Waals surface area contributed by atoms with E-state index < -0.39 is 0 Å². The SMILES string of the molecule is Br.O=C(C=Cc1ccc(Cl)cc1)c1ccc(-c2ccccc2)cc1. The number of ketones is 1. The van der Waals surface area contributed by atoms with Crippen LogP contribution in [0.1, 0.15) is 15.9 Å². The zero-order valence-corrected chi connectivity index (χ0v) is 15.3. The maximum absolute atomic E-state index is 12.2. The first kappa shape index (κ1) is 18.2. The molecule has 0 fully saturated rings. The average Bonchev–Trinajstić information content (AvgIpc) is 2.62. The highest BCUT2D eigenvalue weighted by atomic mass is 79.9. The van der Waals surface area contributed by atoms with Crippen LogP contribution in [0, 0.1) is 0 Å². The van der Waals surface area contributed by atoms with Crippen LogP contribution in [0.2, 0.25) is 5.02 Å². The molecule has 3 aromatic carbocycles. The van der Waals surface area contributed by atoms with E-state index in [0.29, 0.717) is 10.6 Å². The van der Waals surface area contributed by atoms with Gasteiger partial charge >= 0.3 is 0 Å². The Morgan fingerprint density at radius 2 is 1.33 bits per heavy atom. The normalized spacial score (nSPS) is 10.4. The molecular weight excluding hydrogens is 384 g/mol. The Morgan fingerprint density at radius 3 is 1.96 bits per heavy atom. The fourth-order valence-electron chi connectivity index (χ4n) is 2.30. The lowest BCUT2D eigenvalue weighted by atomic mass is 10.0. The van der Waals surface area contributed by atoms with Crippen molar-refractivity contribution in [3.63, 3.8) is 0 Å². The summed E-state index contributed by atoms with van der Waals surface area (Å²) in [5.74, 6) is -0.0143. The lowest BCUT2D eigenvalue weighted by molar-refractivity contribution is 0.104. The van der Waals surface area contributed by atoms with E-state index in [9.17, 15) is 4.79 Å². The van der Waals surface area contributed by atoms with Crippen LogP contribution in [0.5, 0.6) is 0 Å². The first-order chi connectivity index (χ1) is 11.2. The Labute approximate surface area is 157 Å². The number of allylic oxidation sites excluding steroid dienone is 1. The maximum Gasteiger partial charge on any atom is 0.185 e. The highest BCUT2D eigenvalue weighted by molar-refractivity contribution is 8.93. The summed E-state index contributed by atoms with van der Waals surface area (Å²) in [6.45, 7) is 0. The first-order valence-corrected chi connectivity index (χ1v) is 7.74. The molecule has 0 unspecified atom stereocenters. The topological polar surface area (TPSA) is 17.1 Å². The molecule has 0 radical (unpaired) electrons. The molecule has 24 heavy (non-hydrogen) atoms.